The van der Waals surface area contributed by atoms with E-state index in [0.29, 0.717) is 31.5 Å². The Morgan fingerprint density at radius 1 is 0.978 bits per heavy atom. The molecule has 0 aromatic heterocycles. The first-order chi connectivity index (χ1) is 22.1. The number of nitrogens with zero attached hydrogens (tertiary/aromatic N) is 1. The number of benzene rings is 2. The highest BCUT2D eigenvalue weighted by molar-refractivity contribution is 5.82. The van der Waals surface area contributed by atoms with Crippen LogP contribution in [0.15, 0.2) is 61.2 Å². The summed E-state index contributed by atoms with van der Waals surface area (Å²) in [6.45, 7) is 10.8. The molecule has 2 amide bonds. The van der Waals surface area contributed by atoms with Gasteiger partial charge in [0.25, 0.3) is 0 Å². The fraction of sp³-hybridized carbons (Fsp3) is 0.568. The molecule has 2 heterocycles. The van der Waals surface area contributed by atoms with Crippen LogP contribution in [0, 0.1) is 5.92 Å². The molecule has 46 heavy (non-hydrogen) atoms. The third-order valence-corrected chi connectivity index (χ3v) is 9.36. The number of nitrogens with one attached hydrogen (secondary N) is 2. The van der Waals surface area contributed by atoms with Crippen LogP contribution in [0.4, 0.5) is 4.79 Å². The second-order valence-electron chi connectivity index (χ2n) is 14.0. The second-order valence-corrected chi connectivity index (χ2v) is 14.0. The van der Waals surface area contributed by atoms with Crippen molar-refractivity contribution in [2.24, 2.45) is 5.92 Å². The molecular weight excluding hydrogens is 582 g/mol. The van der Waals surface area contributed by atoms with E-state index < -0.39 is 12.4 Å². The van der Waals surface area contributed by atoms with E-state index in [9.17, 15) is 14.7 Å². The van der Waals surface area contributed by atoms with E-state index in [2.05, 4.69) is 22.1 Å². The van der Waals surface area contributed by atoms with Gasteiger partial charge in [-0.25, -0.2) is 4.79 Å². The van der Waals surface area contributed by atoms with Crippen molar-refractivity contribution in [3.05, 3.63) is 83.4 Å². The first kappa shape index (κ1) is 34.1. The Labute approximate surface area is 273 Å². The standard InChI is InChI=1S/C37H51N3O6/c1-5-20-44-36(43)38-22-25-10-16-29(17-11-25)35-45-30(21-33(46-35)28-14-12-26(24-41)13-15-28)23-40-31-9-7-6-8-27(31)18-19-32(40)34(42)39-37(2,3)4/h5,10-17,27,30-33,35,41H,1,6-9,18-24H2,2-4H3,(H,38,43)(H,39,42)/t27-,30+,31-,32-,33-,35-/m1/s1. The van der Waals surface area contributed by atoms with Crippen molar-refractivity contribution in [3.63, 3.8) is 0 Å². The third-order valence-electron chi connectivity index (χ3n) is 9.36. The van der Waals surface area contributed by atoms with Crippen molar-refractivity contribution in [2.75, 3.05) is 13.2 Å². The summed E-state index contributed by atoms with van der Waals surface area (Å²) in [6.07, 6.45) is 7.45. The van der Waals surface area contributed by atoms with Gasteiger partial charge in [-0.2, -0.15) is 0 Å². The lowest BCUT2D eigenvalue weighted by atomic mass is 9.75. The highest BCUT2D eigenvalue weighted by Gasteiger charge is 2.44. The zero-order chi connectivity index (χ0) is 32.7. The van der Waals surface area contributed by atoms with Gasteiger partial charge in [0.1, 0.15) is 6.61 Å². The van der Waals surface area contributed by atoms with E-state index in [4.69, 9.17) is 14.2 Å². The predicted molar refractivity (Wildman–Crippen MR) is 177 cm³/mol. The molecule has 2 saturated heterocycles. The van der Waals surface area contributed by atoms with E-state index in [1.165, 1.54) is 25.3 Å². The summed E-state index contributed by atoms with van der Waals surface area (Å²) in [7, 11) is 0. The number of carbonyl (C=O) groups excluding carboxylic acids is 2. The number of alkyl carbamates (subject to hydrolysis) is 1. The summed E-state index contributed by atoms with van der Waals surface area (Å²) in [5.74, 6) is 0.717. The predicted octanol–water partition coefficient (Wildman–Crippen LogP) is 6.07. The molecular formula is C37H51N3O6. The van der Waals surface area contributed by atoms with Crippen LogP contribution in [0.3, 0.4) is 0 Å². The number of ether oxygens (including phenoxy) is 3. The molecule has 2 aromatic rings. The average Bonchev–Trinajstić information content (AvgIpc) is 3.06. The molecule has 3 N–H and O–H groups in total. The van der Waals surface area contributed by atoms with Gasteiger partial charge in [-0.15, -0.1) is 0 Å². The van der Waals surface area contributed by atoms with Crippen LogP contribution >= 0.6 is 0 Å². The first-order valence-electron chi connectivity index (χ1n) is 16.8. The summed E-state index contributed by atoms with van der Waals surface area (Å²) in [5.41, 5.74) is 3.39. The molecule has 3 aliphatic rings. The second kappa shape index (κ2) is 15.6. The number of aliphatic hydroxyl groups is 1. The lowest BCUT2D eigenvalue weighted by Gasteiger charge is -2.50. The van der Waals surface area contributed by atoms with Gasteiger partial charge in [0.2, 0.25) is 5.91 Å². The van der Waals surface area contributed by atoms with Crippen LogP contribution in [-0.2, 0) is 32.2 Å². The Bertz CT molecular complexity index is 1310. The highest BCUT2D eigenvalue weighted by atomic mass is 16.7. The van der Waals surface area contributed by atoms with Crippen LogP contribution in [0.2, 0.25) is 0 Å². The number of fused-ring (bicyclic) bond motifs is 1. The largest absolute Gasteiger partial charge is 0.445 e. The number of hydrogen-bond donors (Lipinski definition) is 3. The van der Waals surface area contributed by atoms with Gasteiger partial charge in [0.05, 0.1) is 24.9 Å². The van der Waals surface area contributed by atoms with Gasteiger partial charge in [-0.3, -0.25) is 9.69 Å². The van der Waals surface area contributed by atoms with Crippen molar-refractivity contribution in [1.29, 1.82) is 0 Å². The fourth-order valence-electron chi connectivity index (χ4n) is 7.15. The van der Waals surface area contributed by atoms with Gasteiger partial charge in [0.15, 0.2) is 6.29 Å². The lowest BCUT2D eigenvalue weighted by molar-refractivity contribution is -0.255. The van der Waals surface area contributed by atoms with Crippen LogP contribution in [0.1, 0.15) is 100 Å². The number of piperidine rings is 1. The SMILES string of the molecule is C=CCOC(=O)NCc1ccc([C@@H]2O[C@H](CN3[C@@H](C(=O)NC(C)(C)C)CC[C@H]4CCCC[C@H]43)C[C@H](c3ccc(CO)cc3)O2)cc1. The zero-order valence-electron chi connectivity index (χ0n) is 27.6. The Balaban J connectivity index is 1.36. The van der Waals surface area contributed by atoms with Crippen molar-refractivity contribution in [1.82, 2.24) is 15.5 Å². The monoisotopic (exact) mass is 633 g/mol. The molecule has 0 unspecified atom stereocenters. The van der Waals surface area contributed by atoms with Gasteiger partial charge in [-0.05, 0) is 69.1 Å². The molecule has 1 saturated carbocycles. The van der Waals surface area contributed by atoms with Crippen LogP contribution in [-0.4, -0.2) is 58.9 Å². The van der Waals surface area contributed by atoms with Crippen molar-refractivity contribution >= 4 is 12.0 Å². The number of amides is 2. The van der Waals surface area contributed by atoms with E-state index in [-0.39, 0.29) is 42.9 Å². The molecule has 2 aliphatic heterocycles. The Kier molecular flexibility index (Phi) is 11.5. The van der Waals surface area contributed by atoms with E-state index in [1.807, 2.05) is 69.3 Å². The van der Waals surface area contributed by atoms with Gasteiger partial charge < -0.3 is 30.0 Å². The zero-order valence-corrected chi connectivity index (χ0v) is 27.6. The van der Waals surface area contributed by atoms with Gasteiger partial charge >= 0.3 is 6.09 Å². The van der Waals surface area contributed by atoms with Crippen molar-refractivity contribution in [3.8, 4) is 0 Å². The lowest BCUT2D eigenvalue weighted by Crippen LogP contribution is -2.61. The maximum absolute atomic E-state index is 13.7. The summed E-state index contributed by atoms with van der Waals surface area (Å²) in [6, 6.07) is 16.0. The number of rotatable bonds is 10. The fourth-order valence-corrected chi connectivity index (χ4v) is 7.15. The molecule has 9 nitrogen and oxygen atoms in total. The molecule has 0 bridgehead atoms. The molecule has 6 atom stereocenters. The number of aliphatic hydroxyl groups excluding tert-OH is 1. The normalized spacial score (nSPS) is 26.9. The summed E-state index contributed by atoms with van der Waals surface area (Å²) >= 11 is 0. The Morgan fingerprint density at radius 2 is 1.67 bits per heavy atom. The maximum Gasteiger partial charge on any atom is 0.407 e. The van der Waals surface area contributed by atoms with Crippen LogP contribution < -0.4 is 10.6 Å². The first-order valence-corrected chi connectivity index (χ1v) is 16.8. The van der Waals surface area contributed by atoms with E-state index in [0.717, 1.165) is 41.5 Å². The highest BCUT2D eigenvalue weighted by Crippen LogP contribution is 2.42. The smallest absolute Gasteiger partial charge is 0.407 e. The van der Waals surface area contributed by atoms with Crippen LogP contribution in [0.5, 0.6) is 0 Å². The molecule has 2 aromatic carbocycles. The summed E-state index contributed by atoms with van der Waals surface area (Å²) in [5, 5.41) is 15.6. The van der Waals surface area contributed by atoms with E-state index >= 15 is 0 Å². The molecule has 3 fully saturated rings. The van der Waals surface area contributed by atoms with Gasteiger partial charge in [-0.1, -0.05) is 74.0 Å². The van der Waals surface area contributed by atoms with E-state index in [1.54, 1.807) is 0 Å². The molecule has 0 spiro atoms. The minimum atomic E-state index is -0.602. The number of hydrogen-bond acceptors (Lipinski definition) is 7. The number of likely N-dealkylation sites (tertiary alicyclic amines) is 1. The van der Waals surface area contributed by atoms with Crippen molar-refractivity contribution in [2.45, 2.75) is 115 Å². The Hall–Kier alpha value is -3.24. The summed E-state index contributed by atoms with van der Waals surface area (Å²) in [4.78, 5) is 28.0. The van der Waals surface area contributed by atoms with Crippen LogP contribution in [0.25, 0.3) is 0 Å². The van der Waals surface area contributed by atoms with Gasteiger partial charge in [0, 0.05) is 36.7 Å². The molecule has 250 valence electrons. The topological polar surface area (TPSA) is 109 Å². The Morgan fingerprint density at radius 3 is 2.37 bits per heavy atom. The summed E-state index contributed by atoms with van der Waals surface area (Å²) < 4.78 is 18.3. The molecule has 1 aliphatic carbocycles. The minimum absolute atomic E-state index is 0.0110. The molecule has 9 heteroatoms. The molecule has 5 rings (SSSR count). The number of carbonyl (C=O) groups is 2. The average molecular weight is 634 g/mol. The van der Waals surface area contributed by atoms with Crippen molar-refractivity contribution < 1.29 is 28.9 Å². The quantitative estimate of drug-likeness (QED) is 0.272. The third kappa shape index (κ3) is 8.97. The minimum Gasteiger partial charge on any atom is -0.445 e. The maximum atomic E-state index is 13.7. The molecule has 0 radical (unpaired) electrons.